The zero-order valence-electron chi connectivity index (χ0n) is 11.6. The largest absolute Gasteiger partial charge is 0.416 e. The van der Waals surface area contributed by atoms with Gasteiger partial charge in [0.15, 0.2) is 0 Å². The minimum absolute atomic E-state index is 0.00531. The Bertz CT molecular complexity index is 693. The topological polar surface area (TPSA) is 46.9 Å². The van der Waals surface area contributed by atoms with Gasteiger partial charge in [-0.25, -0.2) is 4.98 Å². The third-order valence-electron chi connectivity index (χ3n) is 3.67. The number of rotatable bonds is 3. The Kier molecular flexibility index (Phi) is 3.64. The zero-order valence-corrected chi connectivity index (χ0v) is 11.6. The van der Waals surface area contributed by atoms with Gasteiger partial charge in [0.05, 0.1) is 5.56 Å². The quantitative estimate of drug-likeness (QED) is 0.947. The molecule has 1 aliphatic rings. The van der Waals surface area contributed by atoms with Crippen LogP contribution >= 0.6 is 0 Å². The summed E-state index contributed by atoms with van der Waals surface area (Å²) in [5, 5.41) is 2.84. The van der Waals surface area contributed by atoms with E-state index in [1.807, 2.05) is 0 Å². The van der Waals surface area contributed by atoms with Gasteiger partial charge in [0.25, 0.3) is 0 Å². The maximum Gasteiger partial charge on any atom is 0.416 e. The summed E-state index contributed by atoms with van der Waals surface area (Å²) in [7, 11) is 0. The molecule has 0 radical (unpaired) electrons. The molecule has 4 nitrogen and oxygen atoms in total. The fraction of sp³-hybridized carbons (Fsp3) is 0.333. The van der Waals surface area contributed by atoms with Crippen molar-refractivity contribution >= 4 is 5.91 Å². The molecule has 1 atom stereocenters. The predicted octanol–water partition coefficient (Wildman–Crippen LogP) is 2.85. The van der Waals surface area contributed by atoms with Gasteiger partial charge in [-0.3, -0.25) is 4.79 Å². The fourth-order valence-corrected chi connectivity index (χ4v) is 2.60. The number of halogens is 3. The number of imidazole rings is 1. The van der Waals surface area contributed by atoms with Crippen molar-refractivity contribution in [1.82, 2.24) is 14.9 Å². The lowest BCUT2D eigenvalue weighted by atomic mass is 10.1. The molecule has 1 aliphatic heterocycles. The summed E-state index contributed by atoms with van der Waals surface area (Å²) in [4.78, 5) is 15.4. The van der Waals surface area contributed by atoms with Crippen LogP contribution < -0.4 is 5.32 Å². The lowest BCUT2D eigenvalue weighted by Gasteiger charge is -2.14. The number of amides is 1. The number of benzene rings is 1. The molecule has 0 bridgehead atoms. The van der Waals surface area contributed by atoms with E-state index in [2.05, 4.69) is 10.3 Å². The van der Waals surface area contributed by atoms with Crippen LogP contribution in [0.2, 0.25) is 0 Å². The highest BCUT2D eigenvalue weighted by Gasteiger charge is 2.31. The molecule has 0 aliphatic carbocycles. The van der Waals surface area contributed by atoms with Crippen LogP contribution in [0.1, 0.15) is 18.4 Å². The SMILES string of the molecule is O=C1CCC(Cn2ccnc2-c2cccc(C(F)(F)F)c2)N1. The van der Waals surface area contributed by atoms with E-state index in [0.29, 0.717) is 24.4 Å². The number of hydrogen-bond donors (Lipinski definition) is 1. The first-order chi connectivity index (χ1) is 10.4. The molecule has 1 saturated heterocycles. The van der Waals surface area contributed by atoms with E-state index in [4.69, 9.17) is 0 Å². The fourth-order valence-electron chi connectivity index (χ4n) is 2.60. The van der Waals surface area contributed by atoms with Crippen LogP contribution in [0.5, 0.6) is 0 Å². The Morgan fingerprint density at radius 2 is 2.18 bits per heavy atom. The highest BCUT2D eigenvalue weighted by molar-refractivity contribution is 5.78. The molecule has 7 heteroatoms. The number of carbonyl (C=O) groups excluding carboxylic acids is 1. The summed E-state index contributed by atoms with van der Waals surface area (Å²) in [5.41, 5.74) is -0.294. The molecule has 2 aromatic rings. The molecule has 0 saturated carbocycles. The smallest absolute Gasteiger partial charge is 0.352 e. The minimum atomic E-state index is -4.38. The standard InChI is InChI=1S/C15H14F3N3O/c16-15(17,18)11-3-1-2-10(8-11)14-19-6-7-21(14)9-12-4-5-13(22)20-12/h1-3,6-8,12H,4-5,9H2,(H,20,22). The third kappa shape index (κ3) is 2.98. The Balaban J connectivity index is 1.87. The van der Waals surface area contributed by atoms with Crippen LogP contribution in [0.3, 0.4) is 0 Å². The van der Waals surface area contributed by atoms with Crippen molar-refractivity contribution in [1.29, 1.82) is 0 Å². The molecule has 2 heterocycles. The Morgan fingerprint density at radius 3 is 2.86 bits per heavy atom. The molecule has 1 fully saturated rings. The van der Waals surface area contributed by atoms with Crippen molar-refractivity contribution in [2.45, 2.75) is 31.6 Å². The maximum absolute atomic E-state index is 12.8. The van der Waals surface area contributed by atoms with Gasteiger partial charge in [-0.15, -0.1) is 0 Å². The minimum Gasteiger partial charge on any atom is -0.352 e. The molecular weight excluding hydrogens is 295 g/mol. The second kappa shape index (κ2) is 5.47. The lowest BCUT2D eigenvalue weighted by molar-refractivity contribution is -0.137. The van der Waals surface area contributed by atoms with E-state index in [0.717, 1.165) is 18.6 Å². The Hall–Kier alpha value is -2.31. The maximum atomic E-state index is 12.8. The molecule has 1 aromatic heterocycles. The first-order valence-corrected chi connectivity index (χ1v) is 6.91. The van der Waals surface area contributed by atoms with Gasteiger partial charge in [0.1, 0.15) is 5.82 Å². The van der Waals surface area contributed by atoms with Crippen molar-refractivity contribution in [3.05, 3.63) is 42.2 Å². The number of hydrogen-bond acceptors (Lipinski definition) is 2. The van der Waals surface area contributed by atoms with Gasteiger partial charge in [0, 0.05) is 37.0 Å². The number of aromatic nitrogens is 2. The second-order valence-electron chi connectivity index (χ2n) is 5.28. The highest BCUT2D eigenvalue weighted by atomic mass is 19.4. The van der Waals surface area contributed by atoms with Crippen molar-refractivity contribution in [3.8, 4) is 11.4 Å². The van der Waals surface area contributed by atoms with Gasteiger partial charge >= 0.3 is 6.18 Å². The van der Waals surface area contributed by atoms with Crippen LogP contribution in [-0.2, 0) is 17.5 Å². The van der Waals surface area contributed by atoms with E-state index in [-0.39, 0.29) is 11.9 Å². The molecule has 1 amide bonds. The molecule has 0 spiro atoms. The van der Waals surface area contributed by atoms with E-state index < -0.39 is 11.7 Å². The van der Waals surface area contributed by atoms with Crippen LogP contribution in [-0.4, -0.2) is 21.5 Å². The average Bonchev–Trinajstić information content (AvgIpc) is 3.08. The third-order valence-corrected chi connectivity index (χ3v) is 3.67. The average molecular weight is 309 g/mol. The lowest BCUT2D eigenvalue weighted by Crippen LogP contribution is -2.29. The summed E-state index contributed by atoms with van der Waals surface area (Å²) in [5.74, 6) is 0.470. The number of nitrogens with zero attached hydrogens (tertiary/aromatic N) is 2. The summed E-state index contributed by atoms with van der Waals surface area (Å²) in [6, 6.07) is 5.09. The summed E-state index contributed by atoms with van der Waals surface area (Å²) >= 11 is 0. The van der Waals surface area contributed by atoms with Crippen molar-refractivity contribution in [3.63, 3.8) is 0 Å². The summed E-state index contributed by atoms with van der Waals surface area (Å²) in [6.07, 6.45) is 0.0800. The molecule has 1 aromatic carbocycles. The van der Waals surface area contributed by atoms with Crippen molar-refractivity contribution in [2.24, 2.45) is 0 Å². The van der Waals surface area contributed by atoms with Crippen molar-refractivity contribution in [2.75, 3.05) is 0 Å². The van der Waals surface area contributed by atoms with Crippen LogP contribution in [0, 0.1) is 0 Å². The van der Waals surface area contributed by atoms with E-state index in [9.17, 15) is 18.0 Å². The molecule has 116 valence electrons. The number of alkyl halides is 3. The van der Waals surface area contributed by atoms with Crippen molar-refractivity contribution < 1.29 is 18.0 Å². The van der Waals surface area contributed by atoms with Gasteiger partial charge < -0.3 is 9.88 Å². The zero-order chi connectivity index (χ0) is 15.7. The van der Waals surface area contributed by atoms with Crippen LogP contribution in [0.25, 0.3) is 11.4 Å². The van der Waals surface area contributed by atoms with Gasteiger partial charge in [-0.2, -0.15) is 13.2 Å². The summed E-state index contributed by atoms with van der Waals surface area (Å²) in [6.45, 7) is 0.497. The van der Waals surface area contributed by atoms with E-state index >= 15 is 0 Å². The molecular formula is C15H14F3N3O. The normalized spacial score (nSPS) is 18.5. The van der Waals surface area contributed by atoms with Gasteiger partial charge in [0.2, 0.25) is 5.91 Å². The molecule has 1 N–H and O–H groups in total. The number of carbonyl (C=O) groups is 1. The molecule has 22 heavy (non-hydrogen) atoms. The van der Waals surface area contributed by atoms with E-state index in [1.54, 1.807) is 23.0 Å². The number of nitrogens with one attached hydrogen (secondary N) is 1. The Labute approximate surface area is 125 Å². The first-order valence-electron chi connectivity index (χ1n) is 6.91. The van der Waals surface area contributed by atoms with Crippen LogP contribution in [0.4, 0.5) is 13.2 Å². The Morgan fingerprint density at radius 1 is 1.36 bits per heavy atom. The van der Waals surface area contributed by atoms with Gasteiger partial charge in [-0.1, -0.05) is 12.1 Å². The monoisotopic (exact) mass is 309 g/mol. The van der Waals surface area contributed by atoms with Crippen LogP contribution in [0.15, 0.2) is 36.7 Å². The summed E-state index contributed by atoms with van der Waals surface area (Å²) < 4.78 is 40.2. The van der Waals surface area contributed by atoms with E-state index in [1.165, 1.54) is 6.07 Å². The van der Waals surface area contributed by atoms with Gasteiger partial charge in [-0.05, 0) is 18.6 Å². The first kappa shape index (κ1) is 14.6. The molecule has 3 rings (SSSR count). The second-order valence-corrected chi connectivity index (χ2v) is 5.28. The molecule has 1 unspecified atom stereocenters. The highest BCUT2D eigenvalue weighted by Crippen LogP contribution is 2.31. The predicted molar refractivity (Wildman–Crippen MR) is 73.8 cm³/mol.